The number of aromatic nitrogens is 1. The van der Waals surface area contributed by atoms with E-state index in [1.54, 1.807) is 0 Å². The molecule has 0 N–H and O–H groups in total. The molecule has 1 aromatic heterocycles. The zero-order valence-electron chi connectivity index (χ0n) is 14.2. The van der Waals surface area contributed by atoms with E-state index in [1.165, 1.54) is 52.1 Å². The summed E-state index contributed by atoms with van der Waals surface area (Å²) in [6.45, 7) is 3.36. The van der Waals surface area contributed by atoms with Gasteiger partial charge in [0.15, 0.2) is 0 Å². The Morgan fingerprint density at radius 3 is 2.33 bits per heavy atom. The maximum Gasteiger partial charge on any atom is 0.0486 e. The first-order valence-corrected chi connectivity index (χ1v) is 8.94. The second-order valence-corrected chi connectivity index (χ2v) is 6.49. The monoisotopic (exact) mass is 313 g/mol. The standard InChI is InChI=1S/C23H23N/c1-2-3-8-16-24-17-22(21-13-6-7-15-23(21)24)20-14-9-11-18-10-4-5-12-19(18)20/h4-7,9-15,17H,2-3,8,16H2,1H3. The molecule has 0 aliphatic heterocycles. The van der Waals surface area contributed by atoms with Gasteiger partial charge in [-0.3, -0.25) is 0 Å². The highest BCUT2D eigenvalue weighted by Crippen LogP contribution is 2.35. The lowest BCUT2D eigenvalue weighted by atomic mass is 9.98. The van der Waals surface area contributed by atoms with Crippen LogP contribution in [0.4, 0.5) is 0 Å². The number of rotatable bonds is 5. The fourth-order valence-electron chi connectivity index (χ4n) is 3.64. The van der Waals surface area contributed by atoms with Crippen molar-refractivity contribution in [1.29, 1.82) is 0 Å². The molecule has 0 fully saturated rings. The first kappa shape index (κ1) is 15.0. The summed E-state index contributed by atoms with van der Waals surface area (Å²) in [6.07, 6.45) is 6.14. The van der Waals surface area contributed by atoms with Crippen molar-refractivity contribution in [2.24, 2.45) is 0 Å². The second kappa shape index (κ2) is 6.52. The Labute approximate surface area is 143 Å². The normalized spacial score (nSPS) is 11.4. The lowest BCUT2D eigenvalue weighted by molar-refractivity contribution is 0.617. The van der Waals surface area contributed by atoms with Gasteiger partial charge in [0.2, 0.25) is 0 Å². The highest BCUT2D eigenvalue weighted by Gasteiger charge is 2.11. The lowest BCUT2D eigenvalue weighted by Crippen LogP contribution is -1.95. The molecule has 24 heavy (non-hydrogen) atoms. The molecule has 0 saturated heterocycles. The van der Waals surface area contributed by atoms with Gasteiger partial charge in [-0.25, -0.2) is 0 Å². The van der Waals surface area contributed by atoms with Crippen LogP contribution < -0.4 is 0 Å². The van der Waals surface area contributed by atoms with E-state index in [9.17, 15) is 0 Å². The van der Waals surface area contributed by atoms with Crippen LogP contribution in [0, 0.1) is 0 Å². The molecule has 0 radical (unpaired) electrons. The van der Waals surface area contributed by atoms with Gasteiger partial charge in [0.25, 0.3) is 0 Å². The van der Waals surface area contributed by atoms with Crippen molar-refractivity contribution < 1.29 is 0 Å². The van der Waals surface area contributed by atoms with Gasteiger partial charge in [-0.1, -0.05) is 80.4 Å². The Morgan fingerprint density at radius 1 is 0.708 bits per heavy atom. The molecule has 0 amide bonds. The number of hydrogen-bond acceptors (Lipinski definition) is 0. The van der Waals surface area contributed by atoms with Gasteiger partial charge in [0.05, 0.1) is 0 Å². The Balaban J connectivity index is 1.90. The van der Waals surface area contributed by atoms with Gasteiger partial charge in [0, 0.05) is 29.2 Å². The summed E-state index contributed by atoms with van der Waals surface area (Å²) in [7, 11) is 0. The average Bonchev–Trinajstić information content (AvgIpc) is 3.00. The topological polar surface area (TPSA) is 4.93 Å². The molecule has 0 atom stereocenters. The maximum atomic E-state index is 2.43. The molecule has 3 aromatic carbocycles. The average molecular weight is 313 g/mol. The summed E-state index contributed by atoms with van der Waals surface area (Å²) in [5.41, 5.74) is 4.02. The van der Waals surface area contributed by atoms with Crippen LogP contribution in [-0.2, 0) is 6.54 Å². The minimum Gasteiger partial charge on any atom is -0.347 e. The minimum absolute atomic E-state index is 1.10. The van der Waals surface area contributed by atoms with Crippen molar-refractivity contribution in [3.63, 3.8) is 0 Å². The summed E-state index contributed by atoms with van der Waals surface area (Å²) in [6, 6.07) is 24.1. The van der Waals surface area contributed by atoms with Crippen molar-refractivity contribution in [3.8, 4) is 11.1 Å². The predicted molar refractivity (Wildman–Crippen MR) is 104 cm³/mol. The molecule has 4 aromatic rings. The number of aryl methyl sites for hydroxylation is 1. The number of nitrogens with zero attached hydrogens (tertiary/aromatic N) is 1. The van der Waals surface area contributed by atoms with E-state index < -0.39 is 0 Å². The van der Waals surface area contributed by atoms with Crippen molar-refractivity contribution in [3.05, 3.63) is 72.9 Å². The molecule has 1 nitrogen and oxygen atoms in total. The zero-order valence-corrected chi connectivity index (χ0v) is 14.2. The number of unbranched alkanes of at least 4 members (excludes halogenated alkanes) is 2. The maximum absolute atomic E-state index is 2.43. The molecule has 0 unspecified atom stereocenters. The molecular formula is C23H23N. The number of hydrogen-bond donors (Lipinski definition) is 0. The third kappa shape index (κ3) is 2.60. The van der Waals surface area contributed by atoms with Crippen LogP contribution in [0.5, 0.6) is 0 Å². The molecule has 4 rings (SSSR count). The first-order valence-electron chi connectivity index (χ1n) is 8.94. The van der Waals surface area contributed by atoms with Crippen LogP contribution in [0.15, 0.2) is 72.9 Å². The molecule has 0 aliphatic rings. The Hall–Kier alpha value is -2.54. The van der Waals surface area contributed by atoms with E-state index in [0.717, 1.165) is 6.54 Å². The smallest absolute Gasteiger partial charge is 0.0486 e. The van der Waals surface area contributed by atoms with E-state index in [0.29, 0.717) is 0 Å². The fourth-order valence-corrected chi connectivity index (χ4v) is 3.64. The quantitative estimate of drug-likeness (QED) is 0.363. The van der Waals surface area contributed by atoms with E-state index in [1.807, 2.05) is 0 Å². The van der Waals surface area contributed by atoms with E-state index in [2.05, 4.69) is 84.4 Å². The van der Waals surface area contributed by atoms with Crippen LogP contribution in [0.1, 0.15) is 26.2 Å². The Kier molecular flexibility index (Phi) is 4.08. The van der Waals surface area contributed by atoms with Crippen molar-refractivity contribution >= 4 is 21.7 Å². The predicted octanol–water partition coefficient (Wildman–Crippen LogP) is 6.65. The van der Waals surface area contributed by atoms with E-state index in [4.69, 9.17) is 0 Å². The van der Waals surface area contributed by atoms with Crippen LogP contribution in [0.3, 0.4) is 0 Å². The second-order valence-electron chi connectivity index (χ2n) is 6.49. The largest absolute Gasteiger partial charge is 0.347 e. The third-order valence-corrected chi connectivity index (χ3v) is 4.87. The molecule has 0 spiro atoms. The van der Waals surface area contributed by atoms with Crippen molar-refractivity contribution in [2.45, 2.75) is 32.7 Å². The summed E-state index contributed by atoms with van der Waals surface area (Å²) in [5.74, 6) is 0. The van der Waals surface area contributed by atoms with Crippen molar-refractivity contribution in [1.82, 2.24) is 4.57 Å². The first-order chi connectivity index (χ1) is 11.9. The number of fused-ring (bicyclic) bond motifs is 2. The van der Waals surface area contributed by atoms with Crippen LogP contribution in [0.25, 0.3) is 32.8 Å². The summed E-state index contributed by atoms with van der Waals surface area (Å²) in [5, 5.41) is 3.99. The molecule has 0 saturated carbocycles. The van der Waals surface area contributed by atoms with Crippen LogP contribution in [-0.4, -0.2) is 4.57 Å². The molecule has 0 bridgehead atoms. The van der Waals surface area contributed by atoms with Gasteiger partial charge in [-0.2, -0.15) is 0 Å². The highest BCUT2D eigenvalue weighted by atomic mass is 15.0. The molecule has 0 aliphatic carbocycles. The van der Waals surface area contributed by atoms with Gasteiger partial charge in [-0.05, 0) is 28.8 Å². The van der Waals surface area contributed by atoms with E-state index in [-0.39, 0.29) is 0 Å². The summed E-state index contributed by atoms with van der Waals surface area (Å²) < 4.78 is 2.43. The van der Waals surface area contributed by atoms with Crippen LogP contribution >= 0.6 is 0 Å². The zero-order chi connectivity index (χ0) is 16.4. The van der Waals surface area contributed by atoms with Gasteiger partial charge in [0.1, 0.15) is 0 Å². The highest BCUT2D eigenvalue weighted by molar-refractivity contribution is 6.05. The molecule has 1 heterocycles. The minimum atomic E-state index is 1.10. The fraction of sp³-hybridized carbons (Fsp3) is 0.217. The summed E-state index contributed by atoms with van der Waals surface area (Å²) in [4.78, 5) is 0. The molecular weight excluding hydrogens is 290 g/mol. The Bertz CT molecular complexity index is 972. The summed E-state index contributed by atoms with van der Waals surface area (Å²) >= 11 is 0. The van der Waals surface area contributed by atoms with Gasteiger partial charge >= 0.3 is 0 Å². The van der Waals surface area contributed by atoms with Gasteiger partial charge in [-0.15, -0.1) is 0 Å². The molecule has 1 heteroatoms. The third-order valence-electron chi connectivity index (χ3n) is 4.87. The van der Waals surface area contributed by atoms with Crippen LogP contribution in [0.2, 0.25) is 0 Å². The number of benzene rings is 3. The Morgan fingerprint density at radius 2 is 1.46 bits per heavy atom. The van der Waals surface area contributed by atoms with Crippen molar-refractivity contribution in [2.75, 3.05) is 0 Å². The van der Waals surface area contributed by atoms with E-state index >= 15 is 0 Å². The lowest BCUT2D eigenvalue weighted by Gasteiger charge is -2.05. The van der Waals surface area contributed by atoms with Gasteiger partial charge < -0.3 is 4.57 Å². The number of para-hydroxylation sites is 1. The molecule has 120 valence electrons. The SMILES string of the molecule is CCCCCn1cc(-c2cccc3ccccc23)c2ccccc21.